The van der Waals surface area contributed by atoms with Gasteiger partial charge in [-0.1, -0.05) is 19.3 Å². The SMILES string of the molecule is CSC1(CNC(=O)C2(N)CCCCC2)CC1. The summed E-state index contributed by atoms with van der Waals surface area (Å²) in [6.45, 7) is 0.798. The van der Waals surface area contributed by atoms with Gasteiger partial charge in [-0.3, -0.25) is 4.79 Å². The maximum absolute atomic E-state index is 12.1. The number of nitrogens with two attached hydrogens (primary N) is 1. The highest BCUT2D eigenvalue weighted by Gasteiger charge is 2.43. The Hall–Kier alpha value is -0.220. The molecule has 0 heterocycles. The van der Waals surface area contributed by atoms with Gasteiger partial charge in [0.25, 0.3) is 0 Å². The van der Waals surface area contributed by atoms with Crippen LogP contribution in [0.25, 0.3) is 0 Å². The second kappa shape index (κ2) is 4.57. The number of nitrogens with one attached hydrogen (secondary N) is 1. The van der Waals surface area contributed by atoms with Gasteiger partial charge in [-0.25, -0.2) is 0 Å². The summed E-state index contributed by atoms with van der Waals surface area (Å²) in [4.78, 5) is 12.1. The predicted octanol–water partition coefficient (Wildman–Crippen LogP) is 1.66. The van der Waals surface area contributed by atoms with Crippen molar-refractivity contribution < 1.29 is 4.79 Å². The summed E-state index contributed by atoms with van der Waals surface area (Å²) in [5.74, 6) is 0.0764. The van der Waals surface area contributed by atoms with E-state index in [4.69, 9.17) is 5.73 Å². The Kier molecular flexibility index (Phi) is 3.50. The smallest absolute Gasteiger partial charge is 0.240 e. The van der Waals surface area contributed by atoms with Crippen LogP contribution in [0.2, 0.25) is 0 Å². The lowest BCUT2D eigenvalue weighted by Crippen LogP contribution is -2.56. The molecule has 0 aromatic heterocycles. The first-order valence-corrected chi connectivity index (χ1v) is 7.45. The Morgan fingerprint density at radius 2 is 1.88 bits per heavy atom. The summed E-state index contributed by atoms with van der Waals surface area (Å²) >= 11 is 1.87. The second-order valence-corrected chi connectivity index (χ2v) is 6.56. The van der Waals surface area contributed by atoms with E-state index in [1.165, 1.54) is 19.3 Å². The Morgan fingerprint density at radius 1 is 1.25 bits per heavy atom. The van der Waals surface area contributed by atoms with Gasteiger partial charge in [0.2, 0.25) is 5.91 Å². The minimum Gasteiger partial charge on any atom is -0.353 e. The summed E-state index contributed by atoms with van der Waals surface area (Å²) in [5.41, 5.74) is 5.60. The van der Waals surface area contributed by atoms with Crippen molar-refractivity contribution in [2.75, 3.05) is 12.8 Å². The van der Waals surface area contributed by atoms with Gasteiger partial charge in [-0.2, -0.15) is 11.8 Å². The zero-order valence-corrected chi connectivity index (χ0v) is 10.9. The summed E-state index contributed by atoms with van der Waals surface area (Å²) in [6, 6.07) is 0. The molecule has 0 radical (unpaired) electrons. The maximum Gasteiger partial charge on any atom is 0.240 e. The number of carbonyl (C=O) groups excluding carboxylic acids is 1. The van der Waals surface area contributed by atoms with Gasteiger partial charge in [0, 0.05) is 11.3 Å². The van der Waals surface area contributed by atoms with Crippen LogP contribution in [0.4, 0.5) is 0 Å². The number of carbonyl (C=O) groups is 1. The third-order valence-electron chi connectivity index (χ3n) is 4.01. The molecule has 0 unspecified atom stereocenters. The van der Waals surface area contributed by atoms with Gasteiger partial charge >= 0.3 is 0 Å². The number of hydrogen-bond acceptors (Lipinski definition) is 3. The van der Waals surface area contributed by atoms with Gasteiger partial charge in [0.05, 0.1) is 5.54 Å². The third-order valence-corrected chi connectivity index (χ3v) is 5.43. The minimum absolute atomic E-state index is 0.0764. The number of thioether (sulfide) groups is 1. The zero-order chi connectivity index (χ0) is 11.6. The van der Waals surface area contributed by atoms with E-state index < -0.39 is 5.54 Å². The fourth-order valence-electron chi connectivity index (χ4n) is 2.42. The Morgan fingerprint density at radius 3 is 2.38 bits per heavy atom. The van der Waals surface area contributed by atoms with Gasteiger partial charge in [-0.15, -0.1) is 0 Å². The second-order valence-electron chi connectivity index (χ2n) is 5.29. The Balaban J connectivity index is 1.82. The summed E-state index contributed by atoms with van der Waals surface area (Å²) in [7, 11) is 0. The molecule has 0 aliphatic heterocycles. The molecule has 4 heteroatoms. The molecule has 0 saturated heterocycles. The van der Waals surface area contributed by atoms with Crippen molar-refractivity contribution in [3.8, 4) is 0 Å². The van der Waals surface area contributed by atoms with Crippen LogP contribution in [0.1, 0.15) is 44.9 Å². The first-order chi connectivity index (χ1) is 7.60. The zero-order valence-electron chi connectivity index (χ0n) is 10.1. The van der Waals surface area contributed by atoms with Crippen molar-refractivity contribution in [3.05, 3.63) is 0 Å². The maximum atomic E-state index is 12.1. The molecule has 1 amide bonds. The summed E-state index contributed by atoms with van der Waals surface area (Å²) in [5, 5.41) is 3.06. The number of rotatable bonds is 4. The molecule has 3 N–H and O–H groups in total. The molecule has 3 nitrogen and oxygen atoms in total. The first-order valence-electron chi connectivity index (χ1n) is 6.23. The van der Waals surface area contributed by atoms with Gasteiger partial charge in [0.15, 0.2) is 0 Å². The van der Waals surface area contributed by atoms with E-state index >= 15 is 0 Å². The Labute approximate surface area is 102 Å². The molecule has 2 rings (SSSR count). The van der Waals surface area contributed by atoms with Gasteiger partial charge in [0.1, 0.15) is 0 Å². The van der Waals surface area contributed by atoms with E-state index in [2.05, 4.69) is 11.6 Å². The summed E-state index contributed by atoms with van der Waals surface area (Å²) in [6.07, 6.45) is 9.70. The van der Waals surface area contributed by atoms with Gasteiger partial charge < -0.3 is 11.1 Å². The molecule has 0 aromatic rings. The molecule has 2 aliphatic carbocycles. The largest absolute Gasteiger partial charge is 0.353 e. The molecule has 2 saturated carbocycles. The molecule has 92 valence electrons. The number of amides is 1. The van der Waals surface area contributed by atoms with Crippen LogP contribution in [-0.4, -0.2) is 29.0 Å². The lowest BCUT2D eigenvalue weighted by Gasteiger charge is -2.32. The van der Waals surface area contributed by atoms with E-state index in [0.29, 0.717) is 4.75 Å². The van der Waals surface area contributed by atoms with Crippen LogP contribution in [0.15, 0.2) is 0 Å². The molecular weight excluding hydrogens is 220 g/mol. The van der Waals surface area contributed by atoms with Crippen molar-refractivity contribution in [1.82, 2.24) is 5.32 Å². The first kappa shape index (κ1) is 12.2. The van der Waals surface area contributed by atoms with E-state index in [1.54, 1.807) is 0 Å². The van der Waals surface area contributed by atoms with E-state index in [-0.39, 0.29) is 5.91 Å². The van der Waals surface area contributed by atoms with Crippen molar-refractivity contribution in [1.29, 1.82) is 0 Å². The van der Waals surface area contributed by atoms with E-state index in [9.17, 15) is 4.79 Å². The van der Waals surface area contributed by atoms with Crippen molar-refractivity contribution >= 4 is 17.7 Å². The van der Waals surface area contributed by atoms with Crippen LogP contribution >= 0.6 is 11.8 Å². The van der Waals surface area contributed by atoms with Crippen LogP contribution < -0.4 is 11.1 Å². The lowest BCUT2D eigenvalue weighted by molar-refractivity contribution is -0.127. The van der Waals surface area contributed by atoms with E-state index in [1.807, 2.05) is 11.8 Å². The quantitative estimate of drug-likeness (QED) is 0.788. The van der Waals surface area contributed by atoms with Crippen molar-refractivity contribution in [2.24, 2.45) is 5.73 Å². The lowest BCUT2D eigenvalue weighted by atomic mass is 9.82. The van der Waals surface area contributed by atoms with Crippen molar-refractivity contribution in [2.45, 2.75) is 55.2 Å². The topological polar surface area (TPSA) is 55.1 Å². The highest BCUT2D eigenvalue weighted by Crippen LogP contribution is 2.46. The molecule has 0 aromatic carbocycles. The summed E-state index contributed by atoms with van der Waals surface area (Å²) < 4.78 is 0.334. The molecular formula is C12H22N2OS. The number of hydrogen-bond donors (Lipinski definition) is 2. The van der Waals surface area contributed by atoms with E-state index in [0.717, 1.165) is 32.2 Å². The molecule has 16 heavy (non-hydrogen) atoms. The highest BCUT2D eigenvalue weighted by atomic mass is 32.2. The third kappa shape index (κ3) is 2.54. The highest BCUT2D eigenvalue weighted by molar-refractivity contribution is 8.00. The van der Waals surface area contributed by atoms with Crippen molar-refractivity contribution in [3.63, 3.8) is 0 Å². The molecule has 2 fully saturated rings. The molecule has 2 aliphatic rings. The Bertz CT molecular complexity index is 270. The van der Waals surface area contributed by atoms with Crippen LogP contribution in [-0.2, 0) is 4.79 Å². The molecule has 0 atom stereocenters. The van der Waals surface area contributed by atoms with Crippen LogP contribution in [0.3, 0.4) is 0 Å². The fourth-order valence-corrected chi connectivity index (χ4v) is 3.15. The molecule has 0 bridgehead atoms. The van der Waals surface area contributed by atoms with Gasteiger partial charge in [-0.05, 0) is 31.9 Å². The monoisotopic (exact) mass is 242 g/mol. The fraction of sp³-hybridized carbons (Fsp3) is 0.917. The standard InChI is InChI=1S/C12H22N2OS/c1-16-11(7-8-11)9-14-10(15)12(13)5-3-2-4-6-12/h2-9,13H2,1H3,(H,14,15). The average Bonchev–Trinajstić information content (AvgIpc) is 3.07. The average molecular weight is 242 g/mol. The van der Waals surface area contributed by atoms with Crippen LogP contribution in [0, 0.1) is 0 Å². The predicted molar refractivity (Wildman–Crippen MR) is 68.5 cm³/mol. The normalized spacial score (nSPS) is 26.1. The molecule has 0 spiro atoms. The minimum atomic E-state index is -0.577. The van der Waals surface area contributed by atoms with Crippen LogP contribution in [0.5, 0.6) is 0 Å².